The second kappa shape index (κ2) is 12.2. The lowest BCUT2D eigenvalue weighted by Crippen LogP contribution is -2.36. The molecule has 1 aliphatic heterocycles. The molecule has 1 atom stereocenters. The molecule has 5 aromatic carbocycles. The monoisotopic (exact) mass is 607 g/mol. The highest BCUT2D eigenvalue weighted by Crippen LogP contribution is 2.37. The third kappa shape index (κ3) is 5.55. The van der Waals surface area contributed by atoms with Gasteiger partial charge in [0, 0.05) is 30.3 Å². The summed E-state index contributed by atoms with van der Waals surface area (Å²) in [6.45, 7) is -0.0627. The zero-order valence-electron chi connectivity index (χ0n) is 24.8. The molecular weight excluding hydrogens is 578 g/mol. The van der Waals surface area contributed by atoms with Crippen LogP contribution in [0.1, 0.15) is 38.5 Å². The van der Waals surface area contributed by atoms with Crippen LogP contribution in [0.4, 0.5) is 0 Å². The average Bonchev–Trinajstić information content (AvgIpc) is 3.57. The minimum Gasteiger partial charge on any atom is -0.479 e. The lowest BCUT2D eigenvalue weighted by atomic mass is 9.96. The summed E-state index contributed by atoms with van der Waals surface area (Å²) in [4.78, 5) is 38.4. The number of hydrogen-bond donors (Lipinski definition) is 1. The van der Waals surface area contributed by atoms with E-state index in [4.69, 9.17) is 9.15 Å². The zero-order valence-corrected chi connectivity index (χ0v) is 24.8. The summed E-state index contributed by atoms with van der Waals surface area (Å²) in [6, 6.07) is 40.4. The molecule has 7 rings (SSSR count). The number of rotatable bonds is 10. The summed E-state index contributed by atoms with van der Waals surface area (Å²) >= 11 is 0. The van der Waals surface area contributed by atoms with Gasteiger partial charge in [-0.1, -0.05) is 97.1 Å². The normalized spacial score (nSPS) is 13.2. The first-order valence-electron chi connectivity index (χ1n) is 15.1. The van der Waals surface area contributed by atoms with Crippen LogP contribution >= 0.6 is 0 Å². The standard InChI is InChI=1S/C39H29NO6/c41-37-30-10-4-5-11-31(30)38(42)40(37)23-22-34(39(43)44)45-29-20-18-27(19-21-29)26-14-16-28(17-15-26)36-32-12-6-7-13-33(32)46-35(36)24-25-8-2-1-3-9-25/h1-21,34H,22-24H2,(H,43,44)/t34-/m1/s1. The Balaban J connectivity index is 1.05. The van der Waals surface area contributed by atoms with Gasteiger partial charge < -0.3 is 14.3 Å². The van der Waals surface area contributed by atoms with Crippen molar-refractivity contribution in [1.29, 1.82) is 0 Å². The minimum absolute atomic E-state index is 0.0427. The molecule has 0 saturated heterocycles. The van der Waals surface area contributed by atoms with Gasteiger partial charge in [-0.2, -0.15) is 0 Å². The third-order valence-corrected chi connectivity index (χ3v) is 8.28. The van der Waals surface area contributed by atoms with Gasteiger partial charge in [0.05, 0.1) is 11.1 Å². The fourth-order valence-corrected chi connectivity index (χ4v) is 5.96. The van der Waals surface area contributed by atoms with Crippen LogP contribution in [0.5, 0.6) is 5.75 Å². The SMILES string of the molecule is O=C(O)[C@@H](CCN1C(=O)c2ccccc2C1=O)Oc1ccc(-c2ccc(-c3c(Cc4ccccc4)oc4ccccc34)cc2)cc1. The van der Waals surface area contributed by atoms with Crippen LogP contribution in [0.3, 0.4) is 0 Å². The Labute approximate surface area is 265 Å². The van der Waals surface area contributed by atoms with Crippen molar-refractivity contribution in [3.8, 4) is 28.0 Å². The van der Waals surface area contributed by atoms with E-state index in [-0.39, 0.29) is 13.0 Å². The Hall–Kier alpha value is -5.95. The molecule has 0 aliphatic carbocycles. The van der Waals surface area contributed by atoms with Gasteiger partial charge in [0.2, 0.25) is 0 Å². The fraction of sp³-hybridized carbons (Fsp3) is 0.103. The van der Waals surface area contributed by atoms with Crippen molar-refractivity contribution < 1.29 is 28.6 Å². The molecule has 226 valence electrons. The molecule has 46 heavy (non-hydrogen) atoms. The van der Waals surface area contributed by atoms with E-state index in [0.717, 1.165) is 43.9 Å². The number of para-hydroxylation sites is 1. The number of carboxylic acids is 1. The third-order valence-electron chi connectivity index (χ3n) is 8.28. The van der Waals surface area contributed by atoms with Crippen molar-refractivity contribution in [2.75, 3.05) is 6.54 Å². The predicted molar refractivity (Wildman–Crippen MR) is 175 cm³/mol. The first kappa shape index (κ1) is 28.8. The first-order chi connectivity index (χ1) is 22.5. The molecule has 1 N–H and O–H groups in total. The maximum absolute atomic E-state index is 12.7. The molecule has 0 radical (unpaired) electrons. The van der Waals surface area contributed by atoms with Gasteiger partial charge >= 0.3 is 5.97 Å². The van der Waals surface area contributed by atoms with E-state index in [0.29, 0.717) is 23.3 Å². The number of nitrogens with zero attached hydrogens (tertiary/aromatic N) is 1. The summed E-state index contributed by atoms with van der Waals surface area (Å²) in [5.74, 6) is -0.722. The van der Waals surface area contributed by atoms with E-state index in [1.165, 1.54) is 5.56 Å². The number of carbonyl (C=O) groups excluding carboxylic acids is 2. The molecule has 1 aliphatic rings. The molecule has 1 aromatic heterocycles. The molecule has 0 spiro atoms. The Morgan fingerprint density at radius 1 is 0.696 bits per heavy atom. The summed E-state index contributed by atoms with van der Waals surface area (Å²) in [5, 5.41) is 10.9. The number of hydrogen-bond acceptors (Lipinski definition) is 5. The van der Waals surface area contributed by atoms with Gasteiger partial charge in [0.25, 0.3) is 11.8 Å². The first-order valence-corrected chi connectivity index (χ1v) is 15.1. The van der Waals surface area contributed by atoms with Gasteiger partial charge in [0.1, 0.15) is 17.1 Å². The summed E-state index contributed by atoms with van der Waals surface area (Å²) in [6.07, 6.45) is -0.591. The van der Waals surface area contributed by atoms with E-state index in [9.17, 15) is 19.5 Å². The van der Waals surface area contributed by atoms with Crippen LogP contribution in [0.25, 0.3) is 33.2 Å². The number of imide groups is 1. The number of benzene rings is 5. The number of amides is 2. The van der Waals surface area contributed by atoms with Gasteiger partial charge in [0.15, 0.2) is 6.10 Å². The highest BCUT2D eigenvalue weighted by molar-refractivity contribution is 6.21. The molecule has 7 nitrogen and oxygen atoms in total. The fourth-order valence-electron chi connectivity index (χ4n) is 5.96. The van der Waals surface area contributed by atoms with Crippen molar-refractivity contribution in [1.82, 2.24) is 4.90 Å². The van der Waals surface area contributed by atoms with Crippen molar-refractivity contribution in [3.05, 3.63) is 150 Å². The minimum atomic E-state index is -1.23. The average molecular weight is 608 g/mol. The smallest absolute Gasteiger partial charge is 0.344 e. The van der Waals surface area contributed by atoms with E-state index in [1.807, 2.05) is 48.5 Å². The largest absolute Gasteiger partial charge is 0.479 e. The molecule has 7 heteroatoms. The lowest BCUT2D eigenvalue weighted by Gasteiger charge is -2.19. The van der Waals surface area contributed by atoms with Crippen LogP contribution in [-0.2, 0) is 11.2 Å². The number of aliphatic carboxylic acids is 1. The van der Waals surface area contributed by atoms with E-state index in [1.54, 1.807) is 36.4 Å². The second-order valence-corrected chi connectivity index (χ2v) is 11.2. The van der Waals surface area contributed by atoms with Crippen molar-refractivity contribution in [2.45, 2.75) is 18.9 Å². The molecule has 0 fully saturated rings. The quantitative estimate of drug-likeness (QED) is 0.159. The van der Waals surface area contributed by atoms with Crippen LogP contribution in [0.15, 0.2) is 132 Å². The highest BCUT2D eigenvalue weighted by atomic mass is 16.5. The molecule has 6 aromatic rings. The maximum Gasteiger partial charge on any atom is 0.344 e. The van der Waals surface area contributed by atoms with Gasteiger partial charge in [-0.3, -0.25) is 14.5 Å². The molecule has 0 bridgehead atoms. The van der Waals surface area contributed by atoms with Crippen LogP contribution in [0, 0.1) is 0 Å². The number of carbonyl (C=O) groups is 3. The molecule has 0 saturated carbocycles. The van der Waals surface area contributed by atoms with Crippen LogP contribution in [0.2, 0.25) is 0 Å². The highest BCUT2D eigenvalue weighted by Gasteiger charge is 2.36. The van der Waals surface area contributed by atoms with Crippen molar-refractivity contribution >= 4 is 28.8 Å². The number of fused-ring (bicyclic) bond motifs is 2. The number of ether oxygens (including phenoxy) is 1. The topological polar surface area (TPSA) is 97.1 Å². The van der Waals surface area contributed by atoms with E-state index >= 15 is 0 Å². The summed E-state index contributed by atoms with van der Waals surface area (Å²) < 4.78 is 12.1. The van der Waals surface area contributed by atoms with Crippen LogP contribution in [-0.4, -0.2) is 40.4 Å². The molecule has 0 unspecified atom stereocenters. The van der Waals surface area contributed by atoms with E-state index in [2.05, 4.69) is 42.5 Å². The maximum atomic E-state index is 12.7. The van der Waals surface area contributed by atoms with Crippen LogP contribution < -0.4 is 4.74 Å². The van der Waals surface area contributed by atoms with E-state index < -0.39 is 23.9 Å². The predicted octanol–water partition coefficient (Wildman–Crippen LogP) is 7.88. The number of carboxylic acid groups (broad SMARTS) is 1. The zero-order chi connectivity index (χ0) is 31.6. The lowest BCUT2D eigenvalue weighted by molar-refractivity contribution is -0.145. The Kier molecular flexibility index (Phi) is 7.64. The Bertz CT molecular complexity index is 2030. The summed E-state index contributed by atoms with van der Waals surface area (Å²) in [7, 11) is 0. The van der Waals surface area contributed by atoms with Crippen molar-refractivity contribution in [2.24, 2.45) is 0 Å². The molecule has 2 heterocycles. The number of furan rings is 1. The Morgan fingerprint density at radius 2 is 1.26 bits per heavy atom. The summed E-state index contributed by atoms with van der Waals surface area (Å²) in [5.41, 5.74) is 6.76. The van der Waals surface area contributed by atoms with Gasteiger partial charge in [-0.25, -0.2) is 4.79 Å². The van der Waals surface area contributed by atoms with Crippen molar-refractivity contribution in [3.63, 3.8) is 0 Å². The molecule has 2 amide bonds. The van der Waals surface area contributed by atoms with Gasteiger partial charge in [-0.15, -0.1) is 0 Å². The molecular formula is C39H29NO6. The van der Waals surface area contributed by atoms with Gasteiger partial charge in [-0.05, 0) is 52.6 Å². The Morgan fingerprint density at radius 3 is 1.91 bits per heavy atom. The second-order valence-electron chi connectivity index (χ2n) is 11.2.